The van der Waals surface area contributed by atoms with Crippen LogP contribution in [0.2, 0.25) is 0 Å². The summed E-state index contributed by atoms with van der Waals surface area (Å²) in [5, 5.41) is 8.75. The molecular formula is C17H23N3S. The van der Waals surface area contributed by atoms with Crippen molar-refractivity contribution in [3.05, 3.63) is 33.6 Å². The largest absolute Gasteiger partial charge is 0.398 e. The lowest BCUT2D eigenvalue weighted by Crippen LogP contribution is -2.25. The minimum absolute atomic E-state index is 0.445. The van der Waals surface area contributed by atoms with Gasteiger partial charge in [-0.2, -0.15) is 5.26 Å². The highest BCUT2D eigenvalue weighted by Gasteiger charge is 2.26. The van der Waals surface area contributed by atoms with Gasteiger partial charge in [0.1, 0.15) is 4.64 Å². The van der Waals surface area contributed by atoms with Gasteiger partial charge in [-0.1, -0.05) is 33.0 Å². The lowest BCUT2D eigenvalue weighted by atomic mass is 9.75. The quantitative estimate of drug-likeness (QED) is 0.656. The molecule has 1 aliphatic carbocycles. The van der Waals surface area contributed by atoms with Crippen molar-refractivity contribution in [2.45, 2.75) is 40.0 Å². The second-order valence-electron chi connectivity index (χ2n) is 6.35. The molecule has 2 rings (SSSR count). The maximum atomic E-state index is 8.75. The van der Waals surface area contributed by atoms with Crippen molar-refractivity contribution in [2.24, 2.45) is 23.5 Å². The van der Waals surface area contributed by atoms with E-state index in [1.54, 1.807) is 0 Å². The van der Waals surface area contributed by atoms with E-state index in [4.69, 9.17) is 23.2 Å². The van der Waals surface area contributed by atoms with Gasteiger partial charge in [0.05, 0.1) is 11.8 Å². The average molecular weight is 301 g/mol. The van der Waals surface area contributed by atoms with Gasteiger partial charge in [0, 0.05) is 17.3 Å². The number of nitrogens with two attached hydrogens (primary N) is 1. The number of aromatic nitrogens is 1. The van der Waals surface area contributed by atoms with Crippen molar-refractivity contribution < 1.29 is 0 Å². The number of pyridine rings is 1. The van der Waals surface area contributed by atoms with Crippen LogP contribution in [0, 0.1) is 33.7 Å². The van der Waals surface area contributed by atoms with E-state index in [0.29, 0.717) is 28.1 Å². The maximum Gasteiger partial charge on any atom is 0.112 e. The first-order valence-electron chi connectivity index (χ1n) is 7.54. The van der Waals surface area contributed by atoms with Gasteiger partial charge >= 0.3 is 0 Å². The Bertz CT molecular complexity index is 649. The summed E-state index contributed by atoms with van der Waals surface area (Å²) < 4.78 is 0.633. The van der Waals surface area contributed by atoms with Crippen LogP contribution in [0.5, 0.6) is 0 Å². The molecule has 1 aromatic heterocycles. The molecule has 1 aromatic rings. The molecule has 1 aliphatic rings. The highest BCUT2D eigenvalue weighted by Crippen LogP contribution is 2.33. The van der Waals surface area contributed by atoms with Gasteiger partial charge in [0.15, 0.2) is 0 Å². The molecule has 0 fully saturated rings. The van der Waals surface area contributed by atoms with Crippen LogP contribution in [-0.2, 0) is 12.8 Å². The lowest BCUT2D eigenvalue weighted by molar-refractivity contribution is 0.250. The summed E-state index contributed by atoms with van der Waals surface area (Å²) in [4.78, 5) is 3.31. The molecule has 4 heteroatoms. The first-order chi connectivity index (χ1) is 9.93. The number of fused-ring (bicyclic) bond motifs is 1. The summed E-state index contributed by atoms with van der Waals surface area (Å²) in [5.41, 5.74) is 9.70. The summed E-state index contributed by atoms with van der Waals surface area (Å²) in [5.74, 6) is 2.11. The highest BCUT2D eigenvalue weighted by atomic mass is 32.1. The average Bonchev–Trinajstić information content (AvgIpc) is 2.45. The number of hydrogen-bond donors (Lipinski definition) is 2. The van der Waals surface area contributed by atoms with E-state index in [-0.39, 0.29) is 0 Å². The van der Waals surface area contributed by atoms with Crippen LogP contribution >= 0.6 is 12.2 Å². The number of H-pyrrole nitrogens is 1. The number of nitrogens with zero attached hydrogens (tertiary/aromatic N) is 1. The van der Waals surface area contributed by atoms with Crippen LogP contribution in [0.3, 0.4) is 0 Å². The van der Waals surface area contributed by atoms with Crippen molar-refractivity contribution in [1.82, 2.24) is 4.98 Å². The SMILES string of the molecule is CC(C)C(C)C1CCc2[nH]c(=S)c(/C(N)=C/C#N)cc2C1. The van der Waals surface area contributed by atoms with Gasteiger partial charge in [0.25, 0.3) is 0 Å². The van der Waals surface area contributed by atoms with Gasteiger partial charge < -0.3 is 10.7 Å². The first kappa shape index (κ1) is 15.8. The zero-order valence-corrected chi connectivity index (χ0v) is 13.8. The fourth-order valence-electron chi connectivity index (χ4n) is 3.09. The highest BCUT2D eigenvalue weighted by molar-refractivity contribution is 7.71. The van der Waals surface area contributed by atoms with E-state index in [2.05, 4.69) is 31.8 Å². The zero-order chi connectivity index (χ0) is 15.6. The summed E-state index contributed by atoms with van der Waals surface area (Å²) in [6.07, 6.45) is 4.67. The predicted molar refractivity (Wildman–Crippen MR) is 88.9 cm³/mol. The summed E-state index contributed by atoms with van der Waals surface area (Å²) in [6.45, 7) is 6.92. The molecule has 0 bridgehead atoms. The van der Waals surface area contributed by atoms with E-state index in [1.807, 2.05) is 6.07 Å². The molecule has 21 heavy (non-hydrogen) atoms. The van der Waals surface area contributed by atoms with E-state index in [1.165, 1.54) is 23.8 Å². The molecule has 0 aliphatic heterocycles. The number of nitriles is 1. The molecule has 0 saturated carbocycles. The van der Waals surface area contributed by atoms with Gasteiger partial charge in [0.2, 0.25) is 0 Å². The fraction of sp³-hybridized carbons (Fsp3) is 0.529. The molecule has 3 N–H and O–H groups in total. The first-order valence-corrected chi connectivity index (χ1v) is 7.95. The summed E-state index contributed by atoms with van der Waals surface area (Å²) >= 11 is 5.36. The summed E-state index contributed by atoms with van der Waals surface area (Å²) in [7, 11) is 0. The Hall–Kier alpha value is -1.60. The van der Waals surface area contributed by atoms with Crippen LogP contribution in [0.4, 0.5) is 0 Å². The molecule has 2 atom stereocenters. The normalized spacial score (nSPS) is 20.0. The second kappa shape index (κ2) is 6.44. The number of aromatic amines is 1. The minimum Gasteiger partial charge on any atom is -0.398 e. The van der Waals surface area contributed by atoms with Crippen molar-refractivity contribution in [3.8, 4) is 6.07 Å². The van der Waals surface area contributed by atoms with E-state index in [9.17, 15) is 0 Å². The molecule has 1 heterocycles. The third-order valence-corrected chi connectivity index (χ3v) is 5.11. The second-order valence-corrected chi connectivity index (χ2v) is 6.76. The van der Waals surface area contributed by atoms with Crippen LogP contribution in [-0.4, -0.2) is 4.98 Å². The number of hydrogen-bond acceptors (Lipinski definition) is 3. The fourth-order valence-corrected chi connectivity index (χ4v) is 3.39. The van der Waals surface area contributed by atoms with Crippen molar-refractivity contribution in [3.63, 3.8) is 0 Å². The molecule has 2 unspecified atom stereocenters. The molecule has 0 saturated heterocycles. The van der Waals surface area contributed by atoms with Crippen LogP contribution < -0.4 is 5.73 Å². The van der Waals surface area contributed by atoms with E-state index < -0.39 is 0 Å². The van der Waals surface area contributed by atoms with Crippen LogP contribution in [0.25, 0.3) is 5.70 Å². The molecule has 0 radical (unpaired) electrons. The standard InChI is InChI=1S/C17H23N3S/c1-10(2)11(3)12-4-5-16-13(8-12)9-14(17(21)20-16)15(19)6-7-18/h6,9-12H,4-5,8,19H2,1-3H3,(H,20,21)/b15-6-. The van der Waals surface area contributed by atoms with E-state index >= 15 is 0 Å². The Labute approximate surface area is 131 Å². The van der Waals surface area contributed by atoms with Crippen molar-refractivity contribution in [1.29, 1.82) is 5.26 Å². The molecule has 0 aromatic carbocycles. The van der Waals surface area contributed by atoms with Crippen LogP contribution in [0.1, 0.15) is 44.0 Å². The molecule has 112 valence electrons. The Morgan fingerprint density at radius 2 is 2.24 bits per heavy atom. The van der Waals surface area contributed by atoms with Crippen molar-refractivity contribution >= 4 is 17.9 Å². The third kappa shape index (κ3) is 3.36. The molecule has 0 amide bonds. The van der Waals surface area contributed by atoms with Gasteiger partial charge in [-0.15, -0.1) is 0 Å². The predicted octanol–water partition coefficient (Wildman–Crippen LogP) is 3.96. The van der Waals surface area contributed by atoms with E-state index in [0.717, 1.165) is 18.4 Å². The molecular weight excluding hydrogens is 278 g/mol. The third-order valence-electron chi connectivity index (χ3n) is 4.79. The number of allylic oxidation sites excluding steroid dienone is 1. The zero-order valence-electron chi connectivity index (χ0n) is 12.9. The maximum absolute atomic E-state index is 8.75. The number of rotatable bonds is 3. The van der Waals surface area contributed by atoms with Gasteiger partial charge in [-0.3, -0.25) is 0 Å². The molecule has 0 spiro atoms. The Morgan fingerprint density at radius 1 is 1.52 bits per heavy atom. The Balaban J connectivity index is 2.36. The number of nitrogens with one attached hydrogen (secondary N) is 1. The summed E-state index contributed by atoms with van der Waals surface area (Å²) in [6, 6.07) is 4.05. The lowest BCUT2D eigenvalue weighted by Gasteiger charge is -2.31. The van der Waals surface area contributed by atoms with Crippen LogP contribution in [0.15, 0.2) is 12.1 Å². The van der Waals surface area contributed by atoms with Gasteiger partial charge in [-0.05, 0) is 48.6 Å². The Kier molecular flexibility index (Phi) is 4.84. The molecule has 3 nitrogen and oxygen atoms in total. The van der Waals surface area contributed by atoms with Crippen molar-refractivity contribution in [2.75, 3.05) is 0 Å². The minimum atomic E-state index is 0.445. The monoisotopic (exact) mass is 301 g/mol. The smallest absolute Gasteiger partial charge is 0.112 e. The topological polar surface area (TPSA) is 65.6 Å². The van der Waals surface area contributed by atoms with Gasteiger partial charge in [-0.25, -0.2) is 0 Å². The number of aryl methyl sites for hydroxylation is 1. The Morgan fingerprint density at radius 3 is 2.86 bits per heavy atom.